The maximum atomic E-state index is 12.3. The van der Waals surface area contributed by atoms with Crippen LogP contribution < -0.4 is 5.32 Å². The second-order valence-corrected chi connectivity index (χ2v) is 6.17. The van der Waals surface area contributed by atoms with Crippen LogP contribution in [0.3, 0.4) is 0 Å². The molecule has 1 amide bonds. The number of aromatic amines is 1. The Morgan fingerprint density at radius 3 is 2.68 bits per heavy atom. The molecule has 0 atom stereocenters. The summed E-state index contributed by atoms with van der Waals surface area (Å²) in [6, 6.07) is 7.60. The van der Waals surface area contributed by atoms with E-state index in [9.17, 15) is 4.79 Å². The molecule has 0 aliphatic rings. The topological polar surface area (TPSA) is 70.7 Å². The predicted molar refractivity (Wildman–Crippen MR) is 88.2 cm³/mol. The first-order valence-electron chi connectivity index (χ1n) is 7.04. The Kier molecular flexibility index (Phi) is 4.02. The molecule has 6 heteroatoms. The van der Waals surface area contributed by atoms with Crippen molar-refractivity contribution in [2.75, 3.05) is 5.32 Å². The summed E-state index contributed by atoms with van der Waals surface area (Å²) in [5.74, 6) is 0.464. The lowest BCUT2D eigenvalue weighted by Gasteiger charge is -2.04. The first kappa shape index (κ1) is 14.5. The van der Waals surface area contributed by atoms with Gasteiger partial charge in [-0.1, -0.05) is 6.92 Å². The van der Waals surface area contributed by atoms with Crippen LogP contribution in [0.1, 0.15) is 27.0 Å². The lowest BCUT2D eigenvalue weighted by atomic mass is 10.1. The van der Waals surface area contributed by atoms with E-state index in [1.165, 1.54) is 11.3 Å². The number of carbonyl (C=O) groups is 1. The first-order valence-corrected chi connectivity index (χ1v) is 7.86. The molecule has 0 spiro atoms. The molecule has 22 heavy (non-hydrogen) atoms. The number of aromatic nitrogens is 3. The average molecular weight is 312 g/mol. The number of H-pyrrole nitrogens is 1. The highest BCUT2D eigenvalue weighted by molar-refractivity contribution is 7.14. The fraction of sp³-hybridized carbons (Fsp3) is 0.188. The van der Waals surface area contributed by atoms with Crippen molar-refractivity contribution in [2.45, 2.75) is 20.3 Å². The third kappa shape index (κ3) is 2.78. The van der Waals surface area contributed by atoms with E-state index in [2.05, 4.69) is 20.5 Å². The molecular weight excluding hydrogens is 296 g/mol. The van der Waals surface area contributed by atoms with Crippen molar-refractivity contribution in [1.82, 2.24) is 15.2 Å². The summed E-state index contributed by atoms with van der Waals surface area (Å²) in [6.45, 7) is 4.02. The van der Waals surface area contributed by atoms with Crippen molar-refractivity contribution in [1.29, 1.82) is 0 Å². The Morgan fingerprint density at radius 1 is 1.27 bits per heavy atom. The number of rotatable bonds is 4. The van der Waals surface area contributed by atoms with Gasteiger partial charge >= 0.3 is 0 Å². The molecule has 3 rings (SSSR count). The average Bonchev–Trinajstić information content (AvgIpc) is 3.14. The van der Waals surface area contributed by atoms with E-state index in [0.29, 0.717) is 10.7 Å². The molecule has 0 saturated carbocycles. The van der Waals surface area contributed by atoms with Crippen molar-refractivity contribution in [2.24, 2.45) is 0 Å². The quantitative estimate of drug-likeness (QED) is 0.772. The summed E-state index contributed by atoms with van der Waals surface area (Å²) in [4.78, 5) is 18.1. The van der Waals surface area contributed by atoms with Crippen LogP contribution in [0.15, 0.2) is 36.7 Å². The van der Waals surface area contributed by atoms with Gasteiger partial charge in [0.15, 0.2) is 5.82 Å². The van der Waals surface area contributed by atoms with Crippen LogP contribution in [-0.2, 0) is 6.42 Å². The first-order chi connectivity index (χ1) is 10.7. The van der Waals surface area contributed by atoms with Crippen molar-refractivity contribution in [3.63, 3.8) is 0 Å². The van der Waals surface area contributed by atoms with Gasteiger partial charge in [-0.05, 0) is 37.6 Å². The fourth-order valence-corrected chi connectivity index (χ4v) is 3.06. The number of carbonyl (C=O) groups excluding carboxylic acids is 1. The van der Waals surface area contributed by atoms with Crippen molar-refractivity contribution >= 4 is 23.1 Å². The second kappa shape index (κ2) is 6.11. The molecule has 0 aliphatic carbocycles. The highest BCUT2D eigenvalue weighted by atomic mass is 32.1. The zero-order chi connectivity index (χ0) is 15.5. The molecule has 0 fully saturated rings. The third-order valence-corrected chi connectivity index (χ3v) is 4.39. The van der Waals surface area contributed by atoms with Crippen LogP contribution in [0, 0.1) is 6.92 Å². The van der Waals surface area contributed by atoms with Gasteiger partial charge in [0.05, 0.1) is 10.6 Å². The van der Waals surface area contributed by atoms with E-state index in [1.807, 2.05) is 38.1 Å². The normalized spacial score (nSPS) is 10.6. The smallest absolute Gasteiger partial charge is 0.266 e. The Bertz CT molecular complexity index is 792. The van der Waals surface area contributed by atoms with Gasteiger partial charge < -0.3 is 5.32 Å². The number of pyridine rings is 1. The summed E-state index contributed by atoms with van der Waals surface area (Å²) in [7, 11) is 0. The van der Waals surface area contributed by atoms with Gasteiger partial charge in [-0.25, -0.2) is 0 Å². The maximum absolute atomic E-state index is 12.3. The van der Waals surface area contributed by atoms with Gasteiger partial charge in [-0.15, -0.1) is 11.3 Å². The Hall–Kier alpha value is -2.47. The van der Waals surface area contributed by atoms with Crippen LogP contribution in [0.5, 0.6) is 0 Å². The predicted octanol–water partition coefficient (Wildman–Crippen LogP) is 3.66. The van der Waals surface area contributed by atoms with Crippen LogP contribution in [0.25, 0.3) is 11.3 Å². The minimum absolute atomic E-state index is 0.124. The third-order valence-electron chi connectivity index (χ3n) is 3.39. The lowest BCUT2D eigenvalue weighted by molar-refractivity contribution is 0.103. The molecule has 5 nitrogen and oxygen atoms in total. The molecule has 0 radical (unpaired) electrons. The molecule has 3 aromatic rings. The molecule has 112 valence electrons. The number of nitrogens with zero attached hydrogens (tertiary/aromatic N) is 2. The number of hydrogen-bond donors (Lipinski definition) is 2. The van der Waals surface area contributed by atoms with Crippen LogP contribution in [0.4, 0.5) is 5.82 Å². The molecule has 3 heterocycles. The molecular formula is C16H16N4OS. The minimum atomic E-state index is -0.124. The molecule has 0 unspecified atom stereocenters. The van der Waals surface area contributed by atoms with Crippen LogP contribution >= 0.6 is 11.3 Å². The Morgan fingerprint density at radius 2 is 2.05 bits per heavy atom. The number of anilines is 1. The summed E-state index contributed by atoms with van der Waals surface area (Å²) in [6.07, 6.45) is 4.25. The van der Waals surface area contributed by atoms with Gasteiger partial charge in [-0.3, -0.25) is 14.9 Å². The number of aryl methyl sites for hydroxylation is 1. The molecule has 0 aromatic carbocycles. The van der Waals surface area contributed by atoms with E-state index in [1.54, 1.807) is 12.4 Å². The number of amides is 1. The largest absolute Gasteiger partial charge is 0.304 e. The zero-order valence-corrected chi connectivity index (χ0v) is 13.2. The van der Waals surface area contributed by atoms with Gasteiger partial charge in [0.2, 0.25) is 0 Å². The summed E-state index contributed by atoms with van der Waals surface area (Å²) in [5.41, 5.74) is 2.92. The number of thiophene rings is 1. The monoisotopic (exact) mass is 312 g/mol. The van der Waals surface area contributed by atoms with Crippen molar-refractivity contribution in [3.8, 4) is 11.3 Å². The SMILES string of the molecule is CCc1c(NC(=O)c2ccc(C)s2)n[nH]c1-c1ccncc1. The van der Waals surface area contributed by atoms with Gasteiger partial charge in [-0.2, -0.15) is 5.10 Å². The second-order valence-electron chi connectivity index (χ2n) is 4.88. The van der Waals surface area contributed by atoms with Gasteiger partial charge in [0.25, 0.3) is 5.91 Å². The fourth-order valence-electron chi connectivity index (χ4n) is 2.30. The summed E-state index contributed by atoms with van der Waals surface area (Å²) < 4.78 is 0. The van der Waals surface area contributed by atoms with E-state index in [4.69, 9.17) is 0 Å². The standard InChI is InChI=1S/C16H16N4OS/c1-3-12-14(11-6-8-17-9-7-11)19-20-15(12)18-16(21)13-5-4-10(2)22-13/h4-9H,3H2,1-2H3,(H2,18,19,20,21). The van der Waals surface area contributed by atoms with E-state index >= 15 is 0 Å². The molecule has 3 aromatic heterocycles. The molecule has 0 bridgehead atoms. The maximum Gasteiger partial charge on any atom is 0.266 e. The highest BCUT2D eigenvalue weighted by Gasteiger charge is 2.16. The lowest BCUT2D eigenvalue weighted by Crippen LogP contribution is -2.11. The van der Waals surface area contributed by atoms with E-state index in [0.717, 1.165) is 28.1 Å². The van der Waals surface area contributed by atoms with E-state index < -0.39 is 0 Å². The molecule has 0 saturated heterocycles. The minimum Gasteiger partial charge on any atom is -0.304 e. The summed E-state index contributed by atoms with van der Waals surface area (Å²) in [5, 5.41) is 10.2. The van der Waals surface area contributed by atoms with Gasteiger partial charge in [0.1, 0.15) is 0 Å². The van der Waals surface area contributed by atoms with Crippen LogP contribution in [-0.4, -0.2) is 21.1 Å². The summed E-state index contributed by atoms with van der Waals surface area (Å²) >= 11 is 1.47. The molecule has 2 N–H and O–H groups in total. The van der Waals surface area contributed by atoms with Crippen LogP contribution in [0.2, 0.25) is 0 Å². The number of nitrogens with one attached hydrogen (secondary N) is 2. The molecule has 0 aliphatic heterocycles. The highest BCUT2D eigenvalue weighted by Crippen LogP contribution is 2.27. The Balaban J connectivity index is 1.89. The van der Waals surface area contributed by atoms with Crippen molar-refractivity contribution in [3.05, 3.63) is 52.0 Å². The zero-order valence-electron chi connectivity index (χ0n) is 12.4. The number of hydrogen-bond acceptors (Lipinski definition) is 4. The van der Waals surface area contributed by atoms with Crippen molar-refractivity contribution < 1.29 is 4.79 Å². The van der Waals surface area contributed by atoms with E-state index in [-0.39, 0.29) is 5.91 Å². The van der Waals surface area contributed by atoms with Gasteiger partial charge in [0, 0.05) is 28.4 Å². The Labute approximate surface area is 132 Å².